The summed E-state index contributed by atoms with van der Waals surface area (Å²) in [6.45, 7) is 7.15. The van der Waals surface area contributed by atoms with Crippen molar-refractivity contribution >= 4 is 11.4 Å². The lowest BCUT2D eigenvalue weighted by Crippen LogP contribution is -2.15. The number of para-hydroxylation sites is 2. The predicted octanol–water partition coefficient (Wildman–Crippen LogP) is 4.87. The van der Waals surface area contributed by atoms with Crippen LogP contribution in [0.5, 0.6) is 0 Å². The second-order valence-corrected chi connectivity index (χ2v) is 3.42. The highest BCUT2D eigenvalue weighted by Gasteiger charge is 2.04. The molecular formula is C16H21N. The molecule has 2 rings (SSSR count). The number of rotatable bonds is 3. The standard InChI is InChI=1S/C14H15N.C2H6/c1-2-15(13-9-5-3-6-10-13)14-11-7-4-8-12-14;1-2/h3-12H,2H2,1H3;1-2H3. The summed E-state index contributed by atoms with van der Waals surface area (Å²) in [7, 11) is 0. The summed E-state index contributed by atoms with van der Waals surface area (Å²) in [6.07, 6.45) is 0. The molecule has 0 unspecified atom stereocenters. The zero-order chi connectivity index (χ0) is 12.5. The van der Waals surface area contributed by atoms with Crippen LogP contribution in [0.25, 0.3) is 0 Å². The molecule has 1 nitrogen and oxygen atoms in total. The number of hydrogen-bond donors (Lipinski definition) is 0. The minimum absolute atomic E-state index is 0.980. The molecule has 0 spiro atoms. The molecular weight excluding hydrogens is 206 g/mol. The average Bonchev–Trinajstić information content (AvgIpc) is 2.44. The fourth-order valence-electron chi connectivity index (χ4n) is 1.73. The van der Waals surface area contributed by atoms with Gasteiger partial charge in [-0.25, -0.2) is 0 Å². The summed E-state index contributed by atoms with van der Waals surface area (Å²) in [5.41, 5.74) is 2.48. The number of benzene rings is 2. The van der Waals surface area contributed by atoms with Gasteiger partial charge in [0, 0.05) is 17.9 Å². The average molecular weight is 227 g/mol. The van der Waals surface area contributed by atoms with Crippen molar-refractivity contribution in [1.29, 1.82) is 0 Å². The van der Waals surface area contributed by atoms with Crippen LogP contribution in [0.2, 0.25) is 0 Å². The van der Waals surface area contributed by atoms with Gasteiger partial charge in [-0.05, 0) is 31.2 Å². The van der Waals surface area contributed by atoms with E-state index in [0.717, 1.165) is 6.54 Å². The van der Waals surface area contributed by atoms with Crippen molar-refractivity contribution in [1.82, 2.24) is 0 Å². The molecule has 0 aliphatic heterocycles. The molecule has 1 heteroatoms. The van der Waals surface area contributed by atoms with Crippen molar-refractivity contribution in [2.75, 3.05) is 11.4 Å². The van der Waals surface area contributed by atoms with Crippen LogP contribution < -0.4 is 4.90 Å². The SMILES string of the molecule is CC.CCN(c1ccccc1)c1ccccc1. The Hall–Kier alpha value is -1.76. The van der Waals surface area contributed by atoms with Gasteiger partial charge in [0.1, 0.15) is 0 Å². The molecule has 90 valence electrons. The third-order valence-corrected chi connectivity index (χ3v) is 2.45. The monoisotopic (exact) mass is 227 g/mol. The Morgan fingerprint density at radius 3 is 1.35 bits per heavy atom. The molecule has 0 aliphatic rings. The Balaban J connectivity index is 0.000000686. The summed E-state index contributed by atoms with van der Waals surface area (Å²) < 4.78 is 0. The van der Waals surface area contributed by atoms with E-state index in [9.17, 15) is 0 Å². The number of hydrogen-bond acceptors (Lipinski definition) is 1. The first-order valence-corrected chi connectivity index (χ1v) is 6.29. The second-order valence-electron chi connectivity index (χ2n) is 3.42. The highest BCUT2D eigenvalue weighted by Crippen LogP contribution is 2.23. The molecule has 2 aromatic rings. The van der Waals surface area contributed by atoms with Crippen molar-refractivity contribution in [2.24, 2.45) is 0 Å². The molecule has 0 radical (unpaired) electrons. The van der Waals surface area contributed by atoms with E-state index in [1.165, 1.54) is 11.4 Å². The first kappa shape index (κ1) is 13.3. The van der Waals surface area contributed by atoms with Gasteiger partial charge < -0.3 is 4.90 Å². The lowest BCUT2D eigenvalue weighted by molar-refractivity contribution is 1.02. The lowest BCUT2D eigenvalue weighted by atomic mass is 10.2. The highest BCUT2D eigenvalue weighted by molar-refractivity contribution is 5.62. The molecule has 0 saturated carbocycles. The zero-order valence-electron chi connectivity index (χ0n) is 10.9. The van der Waals surface area contributed by atoms with Gasteiger partial charge in [0.2, 0.25) is 0 Å². The summed E-state index contributed by atoms with van der Waals surface area (Å²) in [5, 5.41) is 0. The van der Waals surface area contributed by atoms with Crippen molar-refractivity contribution in [3.8, 4) is 0 Å². The fourth-order valence-corrected chi connectivity index (χ4v) is 1.73. The number of anilines is 2. The first-order valence-electron chi connectivity index (χ1n) is 6.29. The minimum Gasteiger partial charge on any atom is -0.342 e. The van der Waals surface area contributed by atoms with Gasteiger partial charge in [-0.2, -0.15) is 0 Å². The summed E-state index contributed by atoms with van der Waals surface area (Å²) in [4.78, 5) is 2.29. The van der Waals surface area contributed by atoms with Gasteiger partial charge in [0.25, 0.3) is 0 Å². The Morgan fingerprint density at radius 1 is 0.706 bits per heavy atom. The van der Waals surface area contributed by atoms with E-state index in [-0.39, 0.29) is 0 Å². The number of nitrogens with zero attached hydrogens (tertiary/aromatic N) is 1. The van der Waals surface area contributed by atoms with Crippen LogP contribution in [-0.4, -0.2) is 6.54 Å². The summed E-state index contributed by atoms with van der Waals surface area (Å²) >= 11 is 0. The molecule has 0 bridgehead atoms. The van der Waals surface area contributed by atoms with Crippen LogP contribution in [0.3, 0.4) is 0 Å². The molecule has 0 saturated heterocycles. The predicted molar refractivity (Wildman–Crippen MR) is 76.9 cm³/mol. The van der Waals surface area contributed by atoms with Crippen molar-refractivity contribution < 1.29 is 0 Å². The molecule has 0 heterocycles. The Bertz CT molecular complexity index is 355. The van der Waals surface area contributed by atoms with Crippen LogP contribution in [0.15, 0.2) is 60.7 Å². The Kier molecular flexibility index (Phi) is 5.87. The molecule has 0 atom stereocenters. The van der Waals surface area contributed by atoms with Crippen LogP contribution >= 0.6 is 0 Å². The van der Waals surface area contributed by atoms with Gasteiger partial charge in [-0.3, -0.25) is 0 Å². The molecule has 0 N–H and O–H groups in total. The van der Waals surface area contributed by atoms with E-state index in [2.05, 4.69) is 60.4 Å². The van der Waals surface area contributed by atoms with Gasteiger partial charge in [0.05, 0.1) is 0 Å². The van der Waals surface area contributed by atoms with Crippen LogP contribution in [-0.2, 0) is 0 Å². The van der Waals surface area contributed by atoms with Crippen LogP contribution in [0.1, 0.15) is 20.8 Å². The molecule has 0 aliphatic carbocycles. The van der Waals surface area contributed by atoms with Gasteiger partial charge in [-0.1, -0.05) is 50.2 Å². The summed E-state index contributed by atoms with van der Waals surface area (Å²) in [5.74, 6) is 0. The van der Waals surface area contributed by atoms with Gasteiger partial charge in [-0.15, -0.1) is 0 Å². The first-order chi connectivity index (χ1) is 8.42. The molecule has 0 aromatic heterocycles. The quantitative estimate of drug-likeness (QED) is 0.723. The van der Waals surface area contributed by atoms with Crippen molar-refractivity contribution in [3.05, 3.63) is 60.7 Å². The van der Waals surface area contributed by atoms with E-state index >= 15 is 0 Å². The van der Waals surface area contributed by atoms with E-state index in [0.29, 0.717) is 0 Å². The van der Waals surface area contributed by atoms with Gasteiger partial charge in [0.15, 0.2) is 0 Å². The second kappa shape index (κ2) is 7.50. The fraction of sp³-hybridized carbons (Fsp3) is 0.250. The smallest absolute Gasteiger partial charge is 0.0410 e. The third-order valence-electron chi connectivity index (χ3n) is 2.45. The van der Waals surface area contributed by atoms with Crippen molar-refractivity contribution in [2.45, 2.75) is 20.8 Å². The van der Waals surface area contributed by atoms with Crippen molar-refractivity contribution in [3.63, 3.8) is 0 Å². The van der Waals surface area contributed by atoms with E-state index in [4.69, 9.17) is 0 Å². The lowest BCUT2D eigenvalue weighted by Gasteiger charge is -2.23. The van der Waals surface area contributed by atoms with E-state index in [1.807, 2.05) is 26.0 Å². The van der Waals surface area contributed by atoms with E-state index < -0.39 is 0 Å². The molecule has 0 amide bonds. The molecule has 0 fully saturated rings. The zero-order valence-corrected chi connectivity index (χ0v) is 10.9. The largest absolute Gasteiger partial charge is 0.342 e. The third kappa shape index (κ3) is 3.63. The topological polar surface area (TPSA) is 3.24 Å². The molecule has 17 heavy (non-hydrogen) atoms. The van der Waals surface area contributed by atoms with Crippen LogP contribution in [0, 0.1) is 0 Å². The van der Waals surface area contributed by atoms with Gasteiger partial charge >= 0.3 is 0 Å². The Morgan fingerprint density at radius 2 is 1.06 bits per heavy atom. The normalized spacial score (nSPS) is 9.12. The van der Waals surface area contributed by atoms with E-state index in [1.54, 1.807) is 0 Å². The maximum absolute atomic E-state index is 2.29. The van der Waals surface area contributed by atoms with Crippen LogP contribution in [0.4, 0.5) is 11.4 Å². The highest BCUT2D eigenvalue weighted by atomic mass is 15.1. The Labute approximate surface area is 105 Å². The maximum atomic E-state index is 2.29. The maximum Gasteiger partial charge on any atom is 0.0410 e. The molecule has 2 aromatic carbocycles. The summed E-state index contributed by atoms with van der Waals surface area (Å²) in [6, 6.07) is 20.9. The minimum atomic E-state index is 0.980.